The van der Waals surface area contributed by atoms with Crippen molar-refractivity contribution in [2.24, 2.45) is 0 Å². The summed E-state index contributed by atoms with van der Waals surface area (Å²) in [4.78, 5) is 0. The topological polar surface area (TPSA) is 18.5 Å². The molecule has 1 rings (SSSR count). The second-order valence-electron chi connectivity index (χ2n) is 7.03. The molecule has 0 amide bonds. The average molecular weight is 266 g/mol. The first-order valence-corrected chi connectivity index (χ1v) is 7.70. The van der Waals surface area contributed by atoms with E-state index in [0.717, 1.165) is 6.42 Å². The Bertz CT molecular complexity index is 301. The van der Waals surface area contributed by atoms with Crippen LogP contribution in [0.4, 0.5) is 0 Å². The van der Waals surface area contributed by atoms with Gasteiger partial charge in [-0.2, -0.15) is 0 Å². The molecule has 3 heteroatoms. The third-order valence-corrected chi connectivity index (χ3v) is 4.31. The molecule has 0 N–H and O–H groups in total. The van der Waals surface area contributed by atoms with Gasteiger partial charge in [-0.05, 0) is 48.0 Å². The van der Waals surface area contributed by atoms with Gasteiger partial charge in [-0.15, -0.1) is 0 Å². The van der Waals surface area contributed by atoms with Crippen LogP contribution < -0.4 is 0 Å². The van der Waals surface area contributed by atoms with Crippen LogP contribution in [0, 0.1) is 0 Å². The Morgan fingerprint density at radius 1 is 1.05 bits per heavy atom. The lowest BCUT2D eigenvalue weighted by Crippen LogP contribution is -2.41. The minimum Gasteiger partial charge on any atom is -0.403 e. The van der Waals surface area contributed by atoms with E-state index in [-0.39, 0.29) is 18.3 Å². The first-order chi connectivity index (χ1) is 8.69. The minimum absolute atomic E-state index is 0.100. The van der Waals surface area contributed by atoms with Crippen molar-refractivity contribution < 1.29 is 9.31 Å². The molecule has 0 radical (unpaired) electrons. The fourth-order valence-corrected chi connectivity index (χ4v) is 2.42. The molecule has 19 heavy (non-hydrogen) atoms. The second-order valence-corrected chi connectivity index (χ2v) is 7.03. The quantitative estimate of drug-likeness (QED) is 0.383. The normalized spacial score (nSPS) is 22.4. The molecule has 2 nitrogen and oxygen atoms in total. The standard InChI is InChI=1S/C16H31BO2/c1-8-9-10-11-14(12-13(2)3)17-18-15(4,5)16(6,7)19-17/h12,14H,8-11H2,1-7H3/t14-/m0/s1. The van der Waals surface area contributed by atoms with Gasteiger partial charge in [0.25, 0.3) is 0 Å². The zero-order valence-electron chi connectivity index (χ0n) is 13.9. The number of hydrogen-bond acceptors (Lipinski definition) is 2. The molecule has 110 valence electrons. The molecule has 0 aromatic rings. The minimum atomic E-state index is -0.226. The molecule has 1 heterocycles. The van der Waals surface area contributed by atoms with Gasteiger partial charge in [0.05, 0.1) is 11.2 Å². The maximum absolute atomic E-state index is 6.19. The van der Waals surface area contributed by atoms with Gasteiger partial charge in [0.2, 0.25) is 0 Å². The lowest BCUT2D eigenvalue weighted by Gasteiger charge is -2.32. The first-order valence-electron chi connectivity index (χ1n) is 7.70. The summed E-state index contributed by atoms with van der Waals surface area (Å²) < 4.78 is 12.4. The fraction of sp³-hybridized carbons (Fsp3) is 0.875. The van der Waals surface area contributed by atoms with Crippen molar-refractivity contribution in [2.75, 3.05) is 0 Å². The fourth-order valence-electron chi connectivity index (χ4n) is 2.42. The summed E-state index contributed by atoms with van der Waals surface area (Å²) in [6.07, 6.45) is 7.25. The van der Waals surface area contributed by atoms with Gasteiger partial charge in [-0.3, -0.25) is 0 Å². The highest BCUT2D eigenvalue weighted by Gasteiger charge is 2.53. The Hall–Kier alpha value is -0.275. The lowest BCUT2D eigenvalue weighted by molar-refractivity contribution is 0.00578. The van der Waals surface area contributed by atoms with Gasteiger partial charge < -0.3 is 9.31 Å². The highest BCUT2D eigenvalue weighted by atomic mass is 16.7. The van der Waals surface area contributed by atoms with Crippen LogP contribution in [0.5, 0.6) is 0 Å². The predicted molar refractivity (Wildman–Crippen MR) is 83.4 cm³/mol. The summed E-state index contributed by atoms with van der Waals surface area (Å²) in [6.45, 7) is 15.0. The van der Waals surface area contributed by atoms with Crippen LogP contribution in [-0.2, 0) is 9.31 Å². The summed E-state index contributed by atoms with van der Waals surface area (Å²) >= 11 is 0. The van der Waals surface area contributed by atoms with Crippen molar-refractivity contribution in [1.82, 2.24) is 0 Å². The summed E-state index contributed by atoms with van der Waals surface area (Å²) in [6, 6.07) is 0. The van der Waals surface area contributed by atoms with Crippen LogP contribution in [0.2, 0.25) is 5.82 Å². The molecule has 1 atom stereocenters. The second kappa shape index (κ2) is 6.45. The molecule has 0 saturated carbocycles. The summed E-state index contributed by atoms with van der Waals surface area (Å²) in [5.41, 5.74) is 0.892. The van der Waals surface area contributed by atoms with Gasteiger partial charge in [0.1, 0.15) is 0 Å². The summed E-state index contributed by atoms with van der Waals surface area (Å²) in [7, 11) is -0.100. The largest absolute Gasteiger partial charge is 0.465 e. The highest BCUT2D eigenvalue weighted by molar-refractivity contribution is 6.48. The Morgan fingerprint density at radius 3 is 2.00 bits per heavy atom. The molecule has 0 spiro atoms. The molecule has 1 fully saturated rings. The average Bonchev–Trinajstić information content (AvgIpc) is 2.46. The maximum Gasteiger partial charge on any atom is 0.465 e. The van der Waals surface area contributed by atoms with E-state index in [9.17, 15) is 0 Å². The molecule has 0 aliphatic carbocycles. The van der Waals surface area contributed by atoms with E-state index in [1.54, 1.807) is 0 Å². The molecule has 1 aliphatic heterocycles. The van der Waals surface area contributed by atoms with Crippen molar-refractivity contribution in [2.45, 2.75) is 91.2 Å². The Kier molecular flexibility index (Phi) is 5.70. The van der Waals surface area contributed by atoms with Crippen LogP contribution in [0.1, 0.15) is 74.1 Å². The van der Waals surface area contributed by atoms with Crippen LogP contribution in [0.15, 0.2) is 11.6 Å². The van der Waals surface area contributed by atoms with Crippen molar-refractivity contribution in [3.8, 4) is 0 Å². The number of hydrogen-bond donors (Lipinski definition) is 0. The summed E-state index contributed by atoms with van der Waals surface area (Å²) in [5.74, 6) is 0.373. The Labute approximate surface area is 120 Å². The van der Waals surface area contributed by atoms with Crippen LogP contribution in [-0.4, -0.2) is 18.3 Å². The molecule has 0 bridgehead atoms. The molecular formula is C16H31BO2. The van der Waals surface area contributed by atoms with Gasteiger partial charge in [-0.1, -0.05) is 37.8 Å². The molecule has 1 saturated heterocycles. The zero-order chi connectivity index (χ0) is 14.7. The first kappa shape index (κ1) is 16.8. The van der Waals surface area contributed by atoms with E-state index in [1.807, 2.05) is 0 Å². The van der Waals surface area contributed by atoms with E-state index in [1.165, 1.54) is 24.8 Å². The molecule has 1 aliphatic rings. The third kappa shape index (κ3) is 4.35. The number of unbranched alkanes of at least 4 members (excludes halogenated alkanes) is 2. The van der Waals surface area contributed by atoms with Crippen molar-refractivity contribution in [3.63, 3.8) is 0 Å². The molecular weight excluding hydrogens is 235 g/mol. The Morgan fingerprint density at radius 2 is 1.58 bits per heavy atom. The Balaban J connectivity index is 2.74. The lowest BCUT2D eigenvalue weighted by atomic mass is 9.68. The van der Waals surface area contributed by atoms with Crippen LogP contribution in [0.3, 0.4) is 0 Å². The van der Waals surface area contributed by atoms with Gasteiger partial charge in [0, 0.05) is 5.82 Å². The van der Waals surface area contributed by atoms with Crippen LogP contribution >= 0.6 is 0 Å². The molecule has 0 unspecified atom stereocenters. The van der Waals surface area contributed by atoms with Gasteiger partial charge in [0.15, 0.2) is 0 Å². The van der Waals surface area contributed by atoms with Crippen molar-refractivity contribution >= 4 is 7.12 Å². The van der Waals surface area contributed by atoms with E-state index < -0.39 is 0 Å². The van der Waals surface area contributed by atoms with Crippen molar-refractivity contribution in [1.29, 1.82) is 0 Å². The van der Waals surface area contributed by atoms with E-state index >= 15 is 0 Å². The maximum atomic E-state index is 6.19. The van der Waals surface area contributed by atoms with E-state index in [2.05, 4.69) is 54.5 Å². The SMILES string of the molecule is CCCCC[C@@H](C=C(C)C)B1OC(C)(C)C(C)(C)O1. The van der Waals surface area contributed by atoms with Crippen LogP contribution in [0.25, 0.3) is 0 Å². The zero-order valence-corrected chi connectivity index (χ0v) is 13.9. The monoisotopic (exact) mass is 266 g/mol. The number of rotatable bonds is 6. The molecule has 0 aromatic carbocycles. The third-order valence-electron chi connectivity index (χ3n) is 4.31. The van der Waals surface area contributed by atoms with Gasteiger partial charge >= 0.3 is 7.12 Å². The highest BCUT2D eigenvalue weighted by Crippen LogP contribution is 2.41. The van der Waals surface area contributed by atoms with E-state index in [0.29, 0.717) is 5.82 Å². The van der Waals surface area contributed by atoms with Gasteiger partial charge in [-0.25, -0.2) is 0 Å². The summed E-state index contributed by atoms with van der Waals surface area (Å²) in [5, 5.41) is 0. The predicted octanol–water partition coefficient (Wildman–Crippen LogP) is 5.00. The number of allylic oxidation sites excluding steroid dienone is 2. The van der Waals surface area contributed by atoms with E-state index in [4.69, 9.17) is 9.31 Å². The smallest absolute Gasteiger partial charge is 0.403 e. The molecule has 0 aromatic heterocycles. The van der Waals surface area contributed by atoms with Crippen molar-refractivity contribution in [3.05, 3.63) is 11.6 Å².